The lowest BCUT2D eigenvalue weighted by atomic mass is 10.0. The Bertz CT molecular complexity index is 604. The first-order valence-corrected chi connectivity index (χ1v) is 9.51. The molecule has 2 heterocycles. The highest BCUT2D eigenvalue weighted by atomic mass is 32.1. The van der Waals surface area contributed by atoms with E-state index in [9.17, 15) is 4.79 Å². The predicted octanol–water partition coefficient (Wildman–Crippen LogP) is 2.83. The van der Waals surface area contributed by atoms with Crippen LogP contribution in [0.4, 0.5) is 5.69 Å². The van der Waals surface area contributed by atoms with Gasteiger partial charge in [0.15, 0.2) is 5.11 Å². The van der Waals surface area contributed by atoms with E-state index in [0.717, 1.165) is 36.7 Å². The summed E-state index contributed by atoms with van der Waals surface area (Å²) in [5, 5.41) is 4.03. The maximum atomic E-state index is 12.4. The number of nitrogens with one attached hydrogen (secondary N) is 1. The van der Waals surface area contributed by atoms with Crippen molar-refractivity contribution in [3.63, 3.8) is 0 Å². The van der Waals surface area contributed by atoms with Crippen LogP contribution in [0.1, 0.15) is 38.2 Å². The summed E-state index contributed by atoms with van der Waals surface area (Å²) in [6.07, 6.45) is 1.61. The molecule has 1 aromatic carbocycles. The smallest absolute Gasteiger partial charge is 0.251 e. The minimum absolute atomic E-state index is 0.139. The van der Waals surface area contributed by atoms with Gasteiger partial charge in [-0.1, -0.05) is 26.0 Å². The summed E-state index contributed by atoms with van der Waals surface area (Å²) in [6.45, 7) is 8.00. The van der Waals surface area contributed by atoms with E-state index >= 15 is 0 Å². The zero-order valence-corrected chi connectivity index (χ0v) is 15.8. The van der Waals surface area contributed by atoms with E-state index < -0.39 is 0 Å². The number of thiocarbonyl (C=S) groups is 1. The normalized spacial score (nSPS) is 20.8. The molecule has 1 atom stereocenters. The van der Waals surface area contributed by atoms with Gasteiger partial charge >= 0.3 is 0 Å². The Morgan fingerprint density at radius 2 is 1.80 bits per heavy atom. The summed E-state index contributed by atoms with van der Waals surface area (Å²) in [4.78, 5) is 16.4. The van der Waals surface area contributed by atoms with Crippen LogP contribution >= 0.6 is 12.2 Å². The number of piperazine rings is 1. The maximum Gasteiger partial charge on any atom is 0.251 e. The van der Waals surface area contributed by atoms with E-state index in [-0.39, 0.29) is 12.0 Å². The quantitative estimate of drug-likeness (QED) is 0.839. The largest absolute Gasteiger partial charge is 0.368 e. The topological polar surface area (TPSA) is 44.8 Å². The van der Waals surface area contributed by atoms with E-state index in [4.69, 9.17) is 17.0 Å². The highest BCUT2D eigenvalue weighted by molar-refractivity contribution is 7.80. The molecule has 1 unspecified atom stereocenters. The molecular formula is C19H27N3O2S. The molecule has 1 amide bonds. The fourth-order valence-electron chi connectivity index (χ4n) is 3.26. The van der Waals surface area contributed by atoms with Crippen LogP contribution in [0.15, 0.2) is 24.3 Å². The number of benzene rings is 1. The number of carbonyl (C=O) groups excluding carboxylic acids is 1. The Labute approximate surface area is 155 Å². The number of hydrogen-bond donors (Lipinski definition) is 1. The molecule has 2 aliphatic heterocycles. The fraction of sp³-hybridized carbons (Fsp3) is 0.579. The number of amides is 1. The van der Waals surface area contributed by atoms with Crippen LogP contribution in [-0.4, -0.2) is 59.7 Å². The molecule has 0 spiro atoms. The van der Waals surface area contributed by atoms with E-state index in [2.05, 4.69) is 48.3 Å². The molecule has 136 valence electrons. The van der Waals surface area contributed by atoms with Gasteiger partial charge in [-0.3, -0.25) is 4.79 Å². The Kier molecular flexibility index (Phi) is 5.91. The van der Waals surface area contributed by atoms with E-state index in [0.29, 0.717) is 25.6 Å². The summed E-state index contributed by atoms with van der Waals surface area (Å²) < 4.78 is 5.50. The second kappa shape index (κ2) is 8.15. The second-order valence-electron chi connectivity index (χ2n) is 7.02. The third-order valence-corrected chi connectivity index (χ3v) is 5.27. The average Bonchev–Trinajstić information content (AvgIpc) is 3.16. The van der Waals surface area contributed by atoms with Crippen LogP contribution in [0.25, 0.3) is 0 Å². The first-order chi connectivity index (χ1) is 12.0. The Morgan fingerprint density at radius 3 is 2.36 bits per heavy atom. The lowest BCUT2D eigenvalue weighted by molar-refractivity contribution is -0.142. The van der Waals surface area contributed by atoms with Crippen LogP contribution in [0.3, 0.4) is 0 Å². The molecule has 1 N–H and O–H groups in total. The third kappa shape index (κ3) is 4.50. The summed E-state index contributed by atoms with van der Waals surface area (Å²) in [7, 11) is 0. The highest BCUT2D eigenvalue weighted by Crippen LogP contribution is 2.19. The van der Waals surface area contributed by atoms with Gasteiger partial charge in [-0.2, -0.15) is 0 Å². The first kappa shape index (κ1) is 18.1. The van der Waals surface area contributed by atoms with Gasteiger partial charge in [0.25, 0.3) is 5.91 Å². The van der Waals surface area contributed by atoms with Crippen LogP contribution in [-0.2, 0) is 9.53 Å². The molecule has 5 nitrogen and oxygen atoms in total. The molecule has 2 aliphatic rings. The van der Waals surface area contributed by atoms with Gasteiger partial charge in [-0.15, -0.1) is 0 Å². The van der Waals surface area contributed by atoms with Crippen LogP contribution in [0.2, 0.25) is 0 Å². The molecule has 6 heteroatoms. The molecule has 3 rings (SSSR count). The summed E-state index contributed by atoms with van der Waals surface area (Å²) in [5.74, 6) is 0.663. The summed E-state index contributed by atoms with van der Waals surface area (Å²) in [6, 6.07) is 8.40. The van der Waals surface area contributed by atoms with Crippen LogP contribution < -0.4 is 5.32 Å². The number of rotatable bonds is 3. The van der Waals surface area contributed by atoms with Gasteiger partial charge in [0.2, 0.25) is 0 Å². The van der Waals surface area contributed by atoms with Crippen molar-refractivity contribution >= 4 is 28.9 Å². The molecule has 2 saturated heterocycles. The van der Waals surface area contributed by atoms with Crippen LogP contribution in [0.5, 0.6) is 0 Å². The lowest BCUT2D eigenvalue weighted by Crippen LogP contribution is -2.53. The summed E-state index contributed by atoms with van der Waals surface area (Å²) in [5.41, 5.74) is 2.32. The monoisotopic (exact) mass is 361 g/mol. The molecule has 0 radical (unpaired) electrons. The van der Waals surface area contributed by atoms with Crippen LogP contribution in [0, 0.1) is 0 Å². The van der Waals surface area contributed by atoms with Crippen molar-refractivity contribution in [2.75, 3.05) is 38.1 Å². The highest BCUT2D eigenvalue weighted by Gasteiger charge is 2.30. The summed E-state index contributed by atoms with van der Waals surface area (Å²) >= 11 is 5.54. The van der Waals surface area contributed by atoms with Crippen molar-refractivity contribution in [3.8, 4) is 0 Å². The number of ether oxygens (including phenoxy) is 1. The molecule has 0 aromatic heterocycles. The average molecular weight is 362 g/mol. The Hall–Kier alpha value is -1.66. The van der Waals surface area contributed by atoms with Gasteiger partial charge < -0.3 is 19.9 Å². The zero-order chi connectivity index (χ0) is 17.8. The number of carbonyl (C=O) groups is 1. The van der Waals surface area contributed by atoms with Crippen molar-refractivity contribution in [2.24, 2.45) is 0 Å². The van der Waals surface area contributed by atoms with Gasteiger partial charge in [-0.05, 0) is 48.7 Å². The second-order valence-corrected chi connectivity index (χ2v) is 7.41. The number of nitrogens with zero attached hydrogens (tertiary/aromatic N) is 2. The van der Waals surface area contributed by atoms with E-state index in [1.54, 1.807) is 0 Å². The SMILES string of the molecule is CC(C)c1ccc(NC(=S)N2CCN(C(=O)C3CCCO3)CC2)cc1. The van der Waals surface area contributed by atoms with Crippen molar-refractivity contribution in [3.05, 3.63) is 29.8 Å². The molecule has 1 aromatic rings. The van der Waals surface area contributed by atoms with Crippen molar-refractivity contribution < 1.29 is 9.53 Å². The van der Waals surface area contributed by atoms with Gasteiger partial charge in [0.1, 0.15) is 6.10 Å². The van der Waals surface area contributed by atoms with Gasteiger partial charge in [0.05, 0.1) is 0 Å². The minimum Gasteiger partial charge on any atom is -0.368 e. The molecule has 0 aliphatic carbocycles. The first-order valence-electron chi connectivity index (χ1n) is 9.11. The number of anilines is 1. The number of hydrogen-bond acceptors (Lipinski definition) is 3. The molecule has 2 fully saturated rings. The maximum absolute atomic E-state index is 12.4. The zero-order valence-electron chi connectivity index (χ0n) is 15.0. The standard InChI is InChI=1S/C19H27N3O2S/c1-14(2)15-5-7-16(8-6-15)20-19(25)22-11-9-21(10-12-22)18(23)17-4-3-13-24-17/h5-8,14,17H,3-4,9-13H2,1-2H3,(H,20,25). The van der Waals surface area contributed by atoms with Gasteiger partial charge in [-0.25, -0.2) is 0 Å². The molecule has 0 saturated carbocycles. The van der Waals surface area contributed by atoms with Crippen molar-refractivity contribution in [2.45, 2.75) is 38.7 Å². The van der Waals surface area contributed by atoms with E-state index in [1.165, 1.54) is 5.56 Å². The molecule has 0 bridgehead atoms. The van der Waals surface area contributed by atoms with Crippen molar-refractivity contribution in [1.82, 2.24) is 9.80 Å². The lowest BCUT2D eigenvalue weighted by Gasteiger charge is -2.37. The molecule has 25 heavy (non-hydrogen) atoms. The predicted molar refractivity (Wildman–Crippen MR) is 104 cm³/mol. The fourth-order valence-corrected chi connectivity index (χ4v) is 3.56. The van der Waals surface area contributed by atoms with E-state index in [1.807, 2.05) is 4.90 Å². The van der Waals surface area contributed by atoms with Gasteiger partial charge in [0, 0.05) is 38.5 Å². The third-order valence-electron chi connectivity index (χ3n) is 4.91. The molecular weight excluding hydrogens is 334 g/mol. The minimum atomic E-state index is -0.226. The van der Waals surface area contributed by atoms with Crippen molar-refractivity contribution in [1.29, 1.82) is 0 Å². The Balaban J connectivity index is 1.48. The Morgan fingerprint density at radius 1 is 1.16 bits per heavy atom.